The van der Waals surface area contributed by atoms with Gasteiger partial charge in [0.15, 0.2) is 0 Å². The number of amides is 1. The van der Waals surface area contributed by atoms with Crippen LogP contribution in [0.3, 0.4) is 0 Å². The number of ether oxygens (including phenoxy) is 4. The van der Waals surface area contributed by atoms with Crippen LogP contribution in [0.5, 0.6) is 0 Å². The zero-order valence-electron chi connectivity index (χ0n) is 30.8. The van der Waals surface area contributed by atoms with Gasteiger partial charge in [-0.15, -0.1) is 0 Å². The van der Waals surface area contributed by atoms with Crippen LogP contribution < -0.4 is 5.32 Å². The van der Waals surface area contributed by atoms with Gasteiger partial charge in [0.1, 0.15) is 6.61 Å². The SMILES string of the molecule is CCCCCC(=O)OCOP(=O)(O)C(O)(CCC(C)NC(=O)OCc1ccccc1)P(=O)(OCOC(=O)CCCCC)OCOC(=O)CCCCC. The maximum atomic E-state index is 14.4. The molecule has 0 saturated heterocycles. The molecule has 0 bridgehead atoms. The number of hydrogen-bond donors (Lipinski definition) is 3. The largest absolute Gasteiger partial charge is 0.445 e. The molecule has 1 rings (SSSR count). The van der Waals surface area contributed by atoms with E-state index in [1.165, 1.54) is 6.92 Å². The number of benzene rings is 1. The third kappa shape index (κ3) is 18.3. The van der Waals surface area contributed by atoms with Crippen molar-refractivity contribution in [3.8, 4) is 0 Å². The molecule has 0 heterocycles. The monoisotopic (exact) mass is 781 g/mol. The fourth-order valence-corrected chi connectivity index (χ4v) is 8.34. The number of carbonyl (C=O) groups is 4. The zero-order chi connectivity index (χ0) is 38.9. The first-order valence-corrected chi connectivity index (χ1v) is 20.9. The van der Waals surface area contributed by atoms with Crippen molar-refractivity contribution >= 4 is 39.2 Å². The minimum atomic E-state index is -5.60. The number of carbonyl (C=O) groups excluding carboxylic acids is 4. The van der Waals surface area contributed by atoms with E-state index < -0.39 is 77.1 Å². The van der Waals surface area contributed by atoms with Crippen molar-refractivity contribution in [1.82, 2.24) is 5.32 Å². The van der Waals surface area contributed by atoms with Gasteiger partial charge in [0.05, 0.1) is 0 Å². The van der Waals surface area contributed by atoms with E-state index in [2.05, 4.69) is 5.32 Å². The van der Waals surface area contributed by atoms with Crippen LogP contribution in [0.4, 0.5) is 4.79 Å². The summed E-state index contributed by atoms with van der Waals surface area (Å²) in [6.07, 6.45) is 4.11. The number of unbranched alkanes of at least 4 members (excludes halogenated alkanes) is 6. The number of aliphatic hydroxyl groups is 1. The van der Waals surface area contributed by atoms with E-state index in [-0.39, 0.29) is 32.3 Å². The summed E-state index contributed by atoms with van der Waals surface area (Å²) in [6, 6.07) is 7.97. The van der Waals surface area contributed by atoms with Crippen LogP contribution in [0.1, 0.15) is 123 Å². The topological polar surface area (TPSA) is 220 Å². The highest BCUT2D eigenvalue weighted by molar-refractivity contribution is 7.73. The second-order valence-electron chi connectivity index (χ2n) is 12.1. The normalized spacial score (nSPS) is 14.3. The summed E-state index contributed by atoms with van der Waals surface area (Å²) in [5.74, 6) is -2.23. The predicted octanol–water partition coefficient (Wildman–Crippen LogP) is 7.40. The first kappa shape index (κ1) is 47.2. The number of hydrogen-bond acceptors (Lipinski definition) is 14. The molecule has 0 aliphatic heterocycles. The maximum absolute atomic E-state index is 14.4. The molecular weight excluding hydrogens is 724 g/mol. The highest BCUT2D eigenvalue weighted by atomic mass is 31.2. The van der Waals surface area contributed by atoms with Gasteiger partial charge >= 0.3 is 39.2 Å². The molecule has 0 aliphatic carbocycles. The Kier molecular flexibility index (Phi) is 23.6. The van der Waals surface area contributed by atoms with Gasteiger partial charge in [0.25, 0.3) is 5.08 Å². The van der Waals surface area contributed by atoms with Crippen molar-refractivity contribution < 1.29 is 70.8 Å². The average Bonchev–Trinajstić information content (AvgIpc) is 3.10. The Morgan fingerprint density at radius 3 is 1.60 bits per heavy atom. The minimum absolute atomic E-state index is 0.00127. The molecule has 3 unspecified atom stereocenters. The smallest absolute Gasteiger partial charge is 0.407 e. The molecule has 0 radical (unpaired) electrons. The molecule has 18 heteroatoms. The average molecular weight is 782 g/mol. The van der Waals surface area contributed by atoms with Crippen molar-refractivity contribution in [2.45, 2.75) is 135 Å². The first-order chi connectivity index (χ1) is 24.7. The molecule has 0 spiro atoms. The molecule has 0 saturated carbocycles. The van der Waals surface area contributed by atoms with Gasteiger partial charge in [-0.25, -0.2) is 4.79 Å². The standard InChI is InChI=1S/C34H57NO15P2/c1-5-8-12-19-30(36)45-25-48-51(41,42)34(40,23-22-28(4)35-33(39)44-24-29-17-15-11-16-18-29)52(43,49-26-46-31(37)20-13-9-6-2)50-27-47-32(38)21-14-10-7-3/h11,15-18,28,40H,5-10,12-14,19-27H2,1-4H3,(H,35,39)(H,41,42). The summed E-state index contributed by atoms with van der Waals surface area (Å²) in [5.41, 5.74) is 0.719. The Morgan fingerprint density at radius 2 is 1.15 bits per heavy atom. The number of rotatable bonds is 29. The Bertz CT molecular complexity index is 1270. The molecule has 0 fully saturated rings. The van der Waals surface area contributed by atoms with Crippen molar-refractivity contribution in [3.05, 3.63) is 35.9 Å². The van der Waals surface area contributed by atoms with Gasteiger partial charge in [-0.05, 0) is 38.2 Å². The van der Waals surface area contributed by atoms with Crippen LogP contribution in [-0.2, 0) is 62.6 Å². The number of esters is 3. The van der Waals surface area contributed by atoms with E-state index in [9.17, 15) is 38.3 Å². The summed E-state index contributed by atoms with van der Waals surface area (Å²) in [7, 11) is -11.0. The third-order valence-electron chi connectivity index (χ3n) is 7.67. The fourth-order valence-electron chi connectivity index (χ4n) is 4.49. The molecule has 1 amide bonds. The van der Waals surface area contributed by atoms with Crippen molar-refractivity contribution in [2.24, 2.45) is 0 Å². The van der Waals surface area contributed by atoms with Gasteiger partial charge in [-0.2, -0.15) is 0 Å². The lowest BCUT2D eigenvalue weighted by atomic mass is 10.2. The number of nitrogens with one attached hydrogen (secondary N) is 1. The second-order valence-corrected chi connectivity index (χ2v) is 16.7. The quantitative estimate of drug-likeness (QED) is 0.0237. The Labute approximate surface area is 306 Å². The van der Waals surface area contributed by atoms with Gasteiger partial charge in [0, 0.05) is 31.7 Å². The van der Waals surface area contributed by atoms with Crippen LogP contribution in [0, 0.1) is 0 Å². The van der Waals surface area contributed by atoms with E-state index in [1.807, 2.05) is 20.8 Å². The van der Waals surface area contributed by atoms with Gasteiger partial charge < -0.3 is 34.3 Å². The van der Waals surface area contributed by atoms with Crippen LogP contribution in [-0.4, -0.2) is 65.5 Å². The van der Waals surface area contributed by atoms with Gasteiger partial charge in [-0.1, -0.05) is 89.6 Å². The second kappa shape index (κ2) is 26.0. The van der Waals surface area contributed by atoms with Gasteiger partial charge in [0.2, 0.25) is 20.4 Å². The van der Waals surface area contributed by atoms with Crippen molar-refractivity contribution in [1.29, 1.82) is 0 Å². The third-order valence-corrected chi connectivity index (χ3v) is 12.7. The summed E-state index contributed by atoms with van der Waals surface area (Å²) >= 11 is 0. The molecular formula is C34H57NO15P2. The van der Waals surface area contributed by atoms with Crippen LogP contribution in [0.2, 0.25) is 0 Å². The van der Waals surface area contributed by atoms with E-state index in [0.29, 0.717) is 19.3 Å². The van der Waals surface area contributed by atoms with E-state index in [4.69, 9.17) is 32.5 Å². The van der Waals surface area contributed by atoms with E-state index >= 15 is 0 Å². The maximum Gasteiger partial charge on any atom is 0.407 e. The molecule has 1 aromatic carbocycles. The Morgan fingerprint density at radius 1 is 0.712 bits per heavy atom. The van der Waals surface area contributed by atoms with Gasteiger partial charge in [-0.3, -0.25) is 37.1 Å². The lowest BCUT2D eigenvalue weighted by Gasteiger charge is -2.36. The molecule has 298 valence electrons. The van der Waals surface area contributed by atoms with Crippen molar-refractivity contribution in [3.63, 3.8) is 0 Å². The van der Waals surface area contributed by atoms with E-state index in [1.54, 1.807) is 30.3 Å². The summed E-state index contributed by atoms with van der Waals surface area (Å²) in [5, 5.41) is 11.0. The molecule has 52 heavy (non-hydrogen) atoms. The Hall–Kier alpha value is -2.84. The molecule has 3 N–H and O–H groups in total. The molecule has 0 aliphatic rings. The number of alkyl carbamates (subject to hydrolysis) is 1. The van der Waals surface area contributed by atoms with Crippen LogP contribution >= 0.6 is 15.2 Å². The Balaban J connectivity index is 3.26. The molecule has 1 aromatic rings. The minimum Gasteiger partial charge on any atom is -0.445 e. The fraction of sp³-hybridized carbons (Fsp3) is 0.706. The summed E-state index contributed by atoms with van der Waals surface area (Å²) < 4.78 is 63.8. The molecule has 0 aromatic heterocycles. The van der Waals surface area contributed by atoms with E-state index in [0.717, 1.165) is 44.1 Å². The molecule has 3 atom stereocenters. The van der Waals surface area contributed by atoms with Crippen LogP contribution in [0.15, 0.2) is 30.3 Å². The highest BCUT2D eigenvalue weighted by Crippen LogP contribution is 2.76. The summed E-state index contributed by atoms with van der Waals surface area (Å²) in [6.45, 7) is 3.96. The van der Waals surface area contributed by atoms with Crippen LogP contribution in [0.25, 0.3) is 0 Å². The first-order valence-electron chi connectivity index (χ1n) is 17.8. The van der Waals surface area contributed by atoms with Crippen molar-refractivity contribution in [2.75, 3.05) is 20.4 Å². The lowest BCUT2D eigenvalue weighted by Crippen LogP contribution is -2.38. The lowest BCUT2D eigenvalue weighted by molar-refractivity contribution is -0.153. The highest BCUT2D eigenvalue weighted by Gasteiger charge is 2.64. The summed E-state index contributed by atoms with van der Waals surface area (Å²) in [4.78, 5) is 60.2. The molecule has 16 nitrogen and oxygen atoms in total. The zero-order valence-corrected chi connectivity index (χ0v) is 32.6. The predicted molar refractivity (Wildman–Crippen MR) is 189 cm³/mol.